The number of nitrogens with zero attached hydrogens (tertiary/aromatic N) is 1. The van der Waals surface area contributed by atoms with Gasteiger partial charge in [-0.25, -0.2) is 0 Å². The molecule has 0 spiro atoms. The second kappa shape index (κ2) is 4.97. The lowest BCUT2D eigenvalue weighted by molar-refractivity contribution is -0.142. The van der Waals surface area contributed by atoms with Crippen LogP contribution in [0.15, 0.2) is 28.7 Å². The van der Waals surface area contributed by atoms with Crippen molar-refractivity contribution in [3.63, 3.8) is 0 Å². The molecule has 1 aliphatic heterocycles. The van der Waals surface area contributed by atoms with Gasteiger partial charge in [-0.3, -0.25) is 4.79 Å². The smallest absolute Gasteiger partial charge is 0.227 e. The predicted molar refractivity (Wildman–Crippen MR) is 65.2 cm³/mol. The Morgan fingerprint density at radius 2 is 2.06 bits per heavy atom. The van der Waals surface area contributed by atoms with E-state index in [-0.39, 0.29) is 12.0 Å². The summed E-state index contributed by atoms with van der Waals surface area (Å²) < 4.78 is 6.17. The molecule has 0 radical (unpaired) electrons. The fourth-order valence-corrected chi connectivity index (χ4v) is 1.94. The van der Waals surface area contributed by atoms with Crippen LogP contribution in [-0.4, -0.2) is 37.1 Å². The van der Waals surface area contributed by atoms with Crippen LogP contribution < -0.4 is 0 Å². The number of carbonyl (C=O) groups excluding carboxylic acids is 1. The molecule has 0 atom stereocenters. The summed E-state index contributed by atoms with van der Waals surface area (Å²) in [5.74, 6) is 0.177. The van der Waals surface area contributed by atoms with Crippen LogP contribution in [-0.2, 0) is 16.0 Å². The van der Waals surface area contributed by atoms with Crippen LogP contribution in [0.2, 0.25) is 0 Å². The number of amides is 1. The van der Waals surface area contributed by atoms with Crippen LogP contribution >= 0.6 is 15.9 Å². The Bertz CT molecular complexity index is 371. The molecule has 0 unspecified atom stereocenters. The number of halogens is 1. The minimum Gasteiger partial charge on any atom is -0.378 e. The fraction of sp³-hybridized carbons (Fsp3) is 0.417. The van der Waals surface area contributed by atoms with Gasteiger partial charge in [0.1, 0.15) is 0 Å². The van der Waals surface area contributed by atoms with Gasteiger partial charge in [0.2, 0.25) is 5.91 Å². The first-order valence-corrected chi connectivity index (χ1v) is 6.03. The second-order valence-corrected chi connectivity index (χ2v) is 4.88. The average Bonchev–Trinajstić information content (AvgIpc) is 2.20. The Balaban J connectivity index is 1.86. The Morgan fingerprint density at radius 1 is 1.44 bits per heavy atom. The first kappa shape index (κ1) is 11.6. The first-order valence-electron chi connectivity index (χ1n) is 5.24. The third-order valence-corrected chi connectivity index (χ3v) is 3.33. The molecular formula is C12H14BrNO2. The van der Waals surface area contributed by atoms with Crippen molar-refractivity contribution >= 4 is 21.8 Å². The van der Waals surface area contributed by atoms with E-state index in [1.54, 1.807) is 7.11 Å². The Kier molecular flexibility index (Phi) is 3.61. The van der Waals surface area contributed by atoms with E-state index in [1.807, 2.05) is 29.2 Å². The van der Waals surface area contributed by atoms with Crippen molar-refractivity contribution in [1.29, 1.82) is 0 Å². The summed E-state index contributed by atoms with van der Waals surface area (Å²) >= 11 is 3.37. The standard InChI is InChI=1S/C12H14BrNO2/c1-16-11-7-14(8-11)12(15)6-9-2-4-10(13)5-3-9/h2-5,11H,6-8H2,1H3. The van der Waals surface area contributed by atoms with E-state index < -0.39 is 0 Å². The molecule has 1 aromatic carbocycles. The van der Waals surface area contributed by atoms with E-state index >= 15 is 0 Å². The molecule has 0 aromatic heterocycles. The SMILES string of the molecule is COC1CN(C(=O)Cc2ccc(Br)cc2)C1. The first-order chi connectivity index (χ1) is 7.69. The summed E-state index contributed by atoms with van der Waals surface area (Å²) in [6, 6.07) is 7.85. The highest BCUT2D eigenvalue weighted by Gasteiger charge is 2.29. The van der Waals surface area contributed by atoms with Crippen molar-refractivity contribution in [3.8, 4) is 0 Å². The largest absolute Gasteiger partial charge is 0.378 e. The highest BCUT2D eigenvalue weighted by molar-refractivity contribution is 9.10. The van der Waals surface area contributed by atoms with Crippen molar-refractivity contribution in [2.45, 2.75) is 12.5 Å². The van der Waals surface area contributed by atoms with Crippen LogP contribution in [0.3, 0.4) is 0 Å². The molecule has 4 heteroatoms. The molecule has 1 amide bonds. The molecule has 86 valence electrons. The van der Waals surface area contributed by atoms with E-state index in [9.17, 15) is 4.79 Å². The van der Waals surface area contributed by atoms with Crippen molar-refractivity contribution in [3.05, 3.63) is 34.3 Å². The molecule has 0 N–H and O–H groups in total. The van der Waals surface area contributed by atoms with Crippen molar-refractivity contribution in [1.82, 2.24) is 4.90 Å². The van der Waals surface area contributed by atoms with E-state index in [1.165, 1.54) is 0 Å². The molecule has 2 rings (SSSR count). The minimum absolute atomic E-state index is 0.177. The molecule has 0 bridgehead atoms. The maximum Gasteiger partial charge on any atom is 0.227 e. The van der Waals surface area contributed by atoms with E-state index in [0.717, 1.165) is 23.1 Å². The topological polar surface area (TPSA) is 29.5 Å². The zero-order chi connectivity index (χ0) is 11.5. The fourth-order valence-electron chi connectivity index (χ4n) is 1.68. The monoisotopic (exact) mass is 283 g/mol. The van der Waals surface area contributed by atoms with Crippen molar-refractivity contribution in [2.75, 3.05) is 20.2 Å². The second-order valence-electron chi connectivity index (χ2n) is 3.96. The molecule has 1 saturated heterocycles. The van der Waals surface area contributed by atoms with E-state index in [0.29, 0.717) is 6.42 Å². The molecule has 1 heterocycles. The Labute approximate surface area is 104 Å². The van der Waals surface area contributed by atoms with Crippen LogP contribution in [0, 0.1) is 0 Å². The maximum atomic E-state index is 11.8. The lowest BCUT2D eigenvalue weighted by Gasteiger charge is -2.38. The van der Waals surface area contributed by atoms with Crippen molar-refractivity contribution < 1.29 is 9.53 Å². The van der Waals surface area contributed by atoms with Gasteiger partial charge in [-0.1, -0.05) is 28.1 Å². The predicted octanol–water partition coefficient (Wildman–Crippen LogP) is 1.85. The molecule has 16 heavy (non-hydrogen) atoms. The van der Waals surface area contributed by atoms with Gasteiger partial charge in [0.15, 0.2) is 0 Å². The number of hydrogen-bond donors (Lipinski definition) is 0. The minimum atomic E-state index is 0.177. The van der Waals surface area contributed by atoms with Crippen LogP contribution in [0.1, 0.15) is 5.56 Å². The number of ether oxygens (including phenoxy) is 1. The van der Waals surface area contributed by atoms with Gasteiger partial charge in [0.25, 0.3) is 0 Å². The molecule has 1 aliphatic rings. The van der Waals surface area contributed by atoms with Gasteiger partial charge < -0.3 is 9.64 Å². The molecule has 1 fully saturated rings. The zero-order valence-electron chi connectivity index (χ0n) is 9.15. The summed E-state index contributed by atoms with van der Waals surface area (Å²) in [5, 5.41) is 0. The third-order valence-electron chi connectivity index (χ3n) is 2.80. The maximum absolute atomic E-state index is 11.8. The zero-order valence-corrected chi connectivity index (χ0v) is 10.7. The number of hydrogen-bond acceptors (Lipinski definition) is 2. The van der Waals surface area contributed by atoms with E-state index in [4.69, 9.17) is 4.74 Å². The summed E-state index contributed by atoms with van der Waals surface area (Å²) in [4.78, 5) is 13.6. The summed E-state index contributed by atoms with van der Waals surface area (Å²) in [7, 11) is 1.68. The highest BCUT2D eigenvalue weighted by atomic mass is 79.9. The summed E-state index contributed by atoms with van der Waals surface area (Å²) in [6.45, 7) is 1.46. The Hall–Kier alpha value is -0.870. The molecule has 0 aliphatic carbocycles. The normalized spacial score (nSPS) is 16.0. The van der Waals surface area contributed by atoms with Crippen molar-refractivity contribution in [2.24, 2.45) is 0 Å². The number of carbonyl (C=O) groups is 1. The lowest BCUT2D eigenvalue weighted by atomic mass is 10.1. The van der Waals surface area contributed by atoms with Gasteiger partial charge in [-0.05, 0) is 17.7 Å². The Morgan fingerprint density at radius 3 is 2.62 bits per heavy atom. The average molecular weight is 284 g/mol. The van der Waals surface area contributed by atoms with Gasteiger partial charge in [-0.15, -0.1) is 0 Å². The molecule has 0 saturated carbocycles. The number of likely N-dealkylation sites (tertiary alicyclic amines) is 1. The van der Waals surface area contributed by atoms with Crippen LogP contribution in [0.4, 0.5) is 0 Å². The van der Waals surface area contributed by atoms with Crippen LogP contribution in [0.25, 0.3) is 0 Å². The highest BCUT2D eigenvalue weighted by Crippen LogP contribution is 2.15. The molecule has 1 aromatic rings. The summed E-state index contributed by atoms with van der Waals surface area (Å²) in [5.41, 5.74) is 1.05. The number of methoxy groups -OCH3 is 1. The molecule has 3 nitrogen and oxygen atoms in total. The number of benzene rings is 1. The van der Waals surface area contributed by atoms with Gasteiger partial charge in [-0.2, -0.15) is 0 Å². The van der Waals surface area contributed by atoms with Gasteiger partial charge in [0, 0.05) is 24.7 Å². The van der Waals surface area contributed by atoms with Gasteiger partial charge >= 0.3 is 0 Å². The lowest BCUT2D eigenvalue weighted by Crippen LogP contribution is -2.54. The number of rotatable bonds is 3. The van der Waals surface area contributed by atoms with E-state index in [2.05, 4.69) is 15.9 Å². The summed E-state index contributed by atoms with van der Waals surface area (Å²) in [6.07, 6.45) is 0.706. The third kappa shape index (κ3) is 2.62. The molecular weight excluding hydrogens is 270 g/mol. The quantitative estimate of drug-likeness (QED) is 0.847. The van der Waals surface area contributed by atoms with Crippen LogP contribution in [0.5, 0.6) is 0 Å². The van der Waals surface area contributed by atoms with Gasteiger partial charge in [0.05, 0.1) is 12.5 Å².